The zero-order valence-corrected chi connectivity index (χ0v) is 29.8. The number of rotatable bonds is 19. The van der Waals surface area contributed by atoms with E-state index in [4.69, 9.17) is 0 Å². The first-order valence-corrected chi connectivity index (χ1v) is 19.8. The van der Waals surface area contributed by atoms with Crippen LogP contribution in [-0.4, -0.2) is 0 Å². The summed E-state index contributed by atoms with van der Waals surface area (Å²) in [6.45, 7) is 9.48. The number of benzene rings is 2. The van der Waals surface area contributed by atoms with Crippen LogP contribution in [0.4, 0.5) is 0 Å². The fraction of sp³-hybridized carbons (Fsp3) is 0.727. The average molecular weight is 599 g/mol. The predicted molar refractivity (Wildman–Crippen MR) is 196 cm³/mol. The molecule has 2 aromatic rings. The Labute approximate surface area is 274 Å². The highest BCUT2D eigenvalue weighted by Crippen LogP contribution is 2.47. The second kappa shape index (κ2) is 18.6. The normalized spacial score (nSPS) is 18.0. The Kier molecular flexibility index (Phi) is 14.9. The molecular formula is C44H70. The maximum Gasteiger partial charge on any atom is -0.00443 e. The molecule has 0 radical (unpaired) electrons. The van der Waals surface area contributed by atoms with Crippen molar-refractivity contribution >= 4 is 0 Å². The SMILES string of the molecule is CCCCCCCCCC1(c2ccc(-c3ccc(C4(CCCCCCCCC)CCCCC4)c(C)c3)cc2C)CCCCC1. The van der Waals surface area contributed by atoms with Crippen LogP contribution in [0.1, 0.15) is 203 Å². The molecule has 0 heterocycles. The van der Waals surface area contributed by atoms with Gasteiger partial charge in [-0.05, 0) is 96.6 Å². The third-order valence-electron chi connectivity index (χ3n) is 12.1. The van der Waals surface area contributed by atoms with Gasteiger partial charge in [-0.3, -0.25) is 0 Å². The molecule has 246 valence electrons. The van der Waals surface area contributed by atoms with Gasteiger partial charge in [0, 0.05) is 0 Å². The van der Waals surface area contributed by atoms with E-state index < -0.39 is 0 Å². The summed E-state index contributed by atoms with van der Waals surface area (Å²) in [4.78, 5) is 0. The lowest BCUT2D eigenvalue weighted by atomic mass is 9.65. The van der Waals surface area contributed by atoms with Gasteiger partial charge in [-0.25, -0.2) is 0 Å². The van der Waals surface area contributed by atoms with E-state index in [-0.39, 0.29) is 0 Å². The second-order valence-electron chi connectivity index (χ2n) is 15.5. The Balaban J connectivity index is 1.44. The van der Waals surface area contributed by atoms with Crippen LogP contribution in [0.25, 0.3) is 11.1 Å². The van der Waals surface area contributed by atoms with Gasteiger partial charge in [-0.2, -0.15) is 0 Å². The molecule has 0 unspecified atom stereocenters. The summed E-state index contributed by atoms with van der Waals surface area (Å²) in [6, 6.07) is 15.2. The van der Waals surface area contributed by atoms with Gasteiger partial charge in [-0.1, -0.05) is 179 Å². The van der Waals surface area contributed by atoms with E-state index in [9.17, 15) is 0 Å². The summed E-state index contributed by atoms with van der Waals surface area (Å²) in [7, 11) is 0. The molecule has 0 saturated heterocycles. The van der Waals surface area contributed by atoms with Crippen molar-refractivity contribution in [1.82, 2.24) is 0 Å². The maximum absolute atomic E-state index is 2.56. The molecule has 0 aliphatic heterocycles. The van der Waals surface area contributed by atoms with Crippen LogP contribution in [0.3, 0.4) is 0 Å². The lowest BCUT2D eigenvalue weighted by Crippen LogP contribution is -2.30. The van der Waals surface area contributed by atoms with Crippen LogP contribution < -0.4 is 0 Å². The lowest BCUT2D eigenvalue weighted by molar-refractivity contribution is 0.264. The van der Waals surface area contributed by atoms with Crippen molar-refractivity contribution in [3.05, 3.63) is 58.7 Å². The van der Waals surface area contributed by atoms with Crippen molar-refractivity contribution in [3.8, 4) is 11.1 Å². The van der Waals surface area contributed by atoms with E-state index in [1.807, 2.05) is 0 Å². The van der Waals surface area contributed by atoms with E-state index >= 15 is 0 Å². The molecular weight excluding hydrogens is 528 g/mol. The first-order valence-electron chi connectivity index (χ1n) is 19.8. The summed E-state index contributed by atoms with van der Waals surface area (Å²) >= 11 is 0. The molecule has 0 aromatic heterocycles. The quantitative estimate of drug-likeness (QED) is 0.141. The topological polar surface area (TPSA) is 0 Å². The first-order chi connectivity index (χ1) is 21.5. The van der Waals surface area contributed by atoms with Gasteiger partial charge in [-0.15, -0.1) is 0 Å². The molecule has 0 nitrogen and oxygen atoms in total. The number of unbranched alkanes of at least 4 members (excludes halogenated alkanes) is 12. The van der Waals surface area contributed by atoms with Gasteiger partial charge in [0.15, 0.2) is 0 Å². The summed E-state index contributed by atoms with van der Waals surface area (Å²) < 4.78 is 0. The summed E-state index contributed by atoms with van der Waals surface area (Å²) in [5.41, 5.74) is 10.1. The zero-order valence-electron chi connectivity index (χ0n) is 29.8. The Morgan fingerprint density at radius 1 is 0.432 bits per heavy atom. The Bertz CT molecular complexity index is 990. The van der Waals surface area contributed by atoms with Gasteiger partial charge in [0.1, 0.15) is 0 Å². The number of hydrogen-bond donors (Lipinski definition) is 0. The molecule has 44 heavy (non-hydrogen) atoms. The minimum Gasteiger partial charge on any atom is -0.0654 e. The van der Waals surface area contributed by atoms with Crippen molar-refractivity contribution in [1.29, 1.82) is 0 Å². The van der Waals surface area contributed by atoms with Gasteiger partial charge >= 0.3 is 0 Å². The van der Waals surface area contributed by atoms with Crippen LogP contribution in [-0.2, 0) is 10.8 Å². The van der Waals surface area contributed by atoms with E-state index in [0.717, 1.165) is 0 Å². The third kappa shape index (κ3) is 9.72. The molecule has 2 aromatic carbocycles. The number of hydrogen-bond acceptors (Lipinski definition) is 0. The molecule has 4 rings (SSSR count). The molecule has 2 aliphatic carbocycles. The van der Waals surface area contributed by atoms with Gasteiger partial charge < -0.3 is 0 Å². The van der Waals surface area contributed by atoms with Crippen LogP contribution >= 0.6 is 0 Å². The van der Waals surface area contributed by atoms with Crippen molar-refractivity contribution in [2.24, 2.45) is 0 Å². The number of aryl methyl sites for hydroxylation is 2. The monoisotopic (exact) mass is 599 g/mol. The fourth-order valence-corrected chi connectivity index (χ4v) is 9.48. The smallest absolute Gasteiger partial charge is 0.00443 e. The van der Waals surface area contributed by atoms with Gasteiger partial charge in [0.2, 0.25) is 0 Å². The van der Waals surface area contributed by atoms with E-state index in [0.29, 0.717) is 10.8 Å². The molecule has 2 saturated carbocycles. The molecule has 0 atom stereocenters. The predicted octanol–water partition coefficient (Wildman–Crippen LogP) is 14.7. The first kappa shape index (κ1) is 35.3. The molecule has 0 bridgehead atoms. The summed E-state index contributed by atoms with van der Waals surface area (Å²) in [5.74, 6) is 0. The van der Waals surface area contributed by atoms with Crippen molar-refractivity contribution in [2.75, 3.05) is 0 Å². The minimum atomic E-state index is 0.424. The van der Waals surface area contributed by atoms with Crippen LogP contribution in [0.15, 0.2) is 36.4 Å². The van der Waals surface area contributed by atoms with Gasteiger partial charge in [0.25, 0.3) is 0 Å². The molecule has 2 aliphatic rings. The van der Waals surface area contributed by atoms with Crippen LogP contribution in [0.5, 0.6) is 0 Å². The van der Waals surface area contributed by atoms with E-state index in [1.165, 1.54) is 189 Å². The standard InChI is InChI=1S/C44H70/c1-5-7-9-11-13-15-19-29-43(31-21-17-22-32-43)41-27-25-39(35-37(41)3)40-26-28-42(38(4)36-40)44(33-23-18-24-34-44)30-20-16-14-12-10-8-6-2/h25-28,35-36H,5-24,29-34H2,1-4H3. The van der Waals surface area contributed by atoms with Crippen molar-refractivity contribution in [2.45, 2.75) is 205 Å². The minimum absolute atomic E-state index is 0.424. The summed E-state index contributed by atoms with van der Waals surface area (Å²) in [6.07, 6.45) is 36.7. The molecule has 0 amide bonds. The third-order valence-corrected chi connectivity index (χ3v) is 12.1. The zero-order chi connectivity index (χ0) is 31.1. The Hall–Kier alpha value is -1.56. The molecule has 2 fully saturated rings. The summed E-state index contributed by atoms with van der Waals surface area (Å²) in [5, 5.41) is 0. The fourth-order valence-electron chi connectivity index (χ4n) is 9.48. The van der Waals surface area contributed by atoms with Gasteiger partial charge in [0.05, 0.1) is 0 Å². The largest absolute Gasteiger partial charge is 0.0654 e. The van der Waals surface area contributed by atoms with Crippen molar-refractivity contribution in [3.63, 3.8) is 0 Å². The molecule has 0 heteroatoms. The average Bonchev–Trinajstić information content (AvgIpc) is 3.04. The Morgan fingerprint density at radius 3 is 1.11 bits per heavy atom. The van der Waals surface area contributed by atoms with Crippen molar-refractivity contribution < 1.29 is 0 Å². The highest BCUT2D eigenvalue weighted by molar-refractivity contribution is 5.67. The molecule has 0 N–H and O–H groups in total. The van der Waals surface area contributed by atoms with Crippen LogP contribution in [0, 0.1) is 13.8 Å². The van der Waals surface area contributed by atoms with Crippen LogP contribution in [0.2, 0.25) is 0 Å². The van der Waals surface area contributed by atoms with E-state index in [2.05, 4.69) is 64.1 Å². The van der Waals surface area contributed by atoms with E-state index in [1.54, 1.807) is 11.1 Å². The molecule has 0 spiro atoms. The highest BCUT2D eigenvalue weighted by Gasteiger charge is 2.36. The lowest BCUT2D eigenvalue weighted by Gasteiger charge is -2.40. The Morgan fingerprint density at radius 2 is 0.773 bits per heavy atom. The second-order valence-corrected chi connectivity index (χ2v) is 15.5. The highest BCUT2D eigenvalue weighted by atomic mass is 14.4. The maximum atomic E-state index is 2.56.